The van der Waals surface area contributed by atoms with Crippen LogP contribution >= 0.6 is 23.2 Å². The third-order valence-electron chi connectivity index (χ3n) is 9.31. The molecule has 2 aromatic heterocycles. The number of aromatic nitrogens is 3. The lowest BCUT2D eigenvalue weighted by Crippen LogP contribution is -2.48. The molecule has 13 nitrogen and oxygen atoms in total. The van der Waals surface area contributed by atoms with Crippen LogP contribution in [0.1, 0.15) is 26.7 Å². The highest BCUT2D eigenvalue weighted by Crippen LogP contribution is 2.45. The van der Waals surface area contributed by atoms with E-state index in [0.29, 0.717) is 69.8 Å². The summed E-state index contributed by atoms with van der Waals surface area (Å²) >= 11 is 13.5. The van der Waals surface area contributed by atoms with Crippen molar-refractivity contribution in [3.05, 3.63) is 51.4 Å². The van der Waals surface area contributed by atoms with E-state index in [1.807, 2.05) is 0 Å². The summed E-state index contributed by atoms with van der Waals surface area (Å²) in [6, 6.07) is 2.91. The molecule has 2 amide bonds. The van der Waals surface area contributed by atoms with Crippen molar-refractivity contribution in [1.29, 1.82) is 0 Å². The predicted octanol–water partition coefficient (Wildman–Crippen LogP) is 3.74. The van der Waals surface area contributed by atoms with Gasteiger partial charge in [0.1, 0.15) is 17.1 Å². The summed E-state index contributed by atoms with van der Waals surface area (Å²) in [5, 5.41) is 4.19. The third kappa shape index (κ3) is 8.30. The molecule has 2 atom stereocenters. The lowest BCUT2D eigenvalue weighted by atomic mass is 9.97. The number of pyridine rings is 1. The van der Waals surface area contributed by atoms with E-state index in [0.717, 1.165) is 0 Å². The van der Waals surface area contributed by atoms with Crippen molar-refractivity contribution in [1.82, 2.24) is 29.2 Å². The molecule has 270 valence electrons. The first kappa shape index (κ1) is 37.6. The number of anilines is 1. The minimum Gasteiger partial charge on any atom is -0.495 e. The number of allylic oxidation sites excluding steroid dienone is 1. The molecule has 2 fully saturated rings. The van der Waals surface area contributed by atoms with Crippen LogP contribution in [0.2, 0.25) is 10.0 Å². The molecule has 15 heteroatoms. The number of carbonyl (C=O) groups excluding carboxylic acids is 3. The van der Waals surface area contributed by atoms with Crippen molar-refractivity contribution >= 4 is 57.8 Å². The molecular weight excluding hydrogens is 697 g/mol. The van der Waals surface area contributed by atoms with Gasteiger partial charge in [0.05, 0.1) is 35.9 Å². The molecule has 51 heavy (non-hydrogen) atoms. The molecule has 0 saturated carbocycles. The number of methoxy groups -OCH3 is 2. The number of carbonyl (C=O) groups is 3. The van der Waals surface area contributed by atoms with Crippen LogP contribution < -0.4 is 20.3 Å². The zero-order chi connectivity index (χ0) is 36.8. The number of ether oxygens (including phenoxy) is 2. The summed E-state index contributed by atoms with van der Waals surface area (Å²) in [7, 11) is 2.92. The number of nitrogens with one attached hydrogen (secondary N) is 1. The third-order valence-corrected chi connectivity index (χ3v) is 10.1. The summed E-state index contributed by atoms with van der Waals surface area (Å²) in [6.07, 6.45) is 3.71. The number of likely N-dealkylation sites (tertiary alicyclic amines) is 1. The molecular formula is C36H41Cl2N7O6. The standard InChI is InChI=1S/C36H41Cl2N7O6/c1-6-9-30(48)43-14-12-42(13-15-43)10-8-11-45-34-23(17-26(35(45)49)31-32(37)28(50-4)18-29(51-5)33(31)38)19-39-36(41-34)40-27-21-44(22(3)46)20-24(27)16-25(47)7-2/h7,17-19,24,27H,2,8,10-16,20-21H2,1,3-5H3,(H,39,40,41). The van der Waals surface area contributed by atoms with E-state index in [4.69, 9.17) is 37.7 Å². The van der Waals surface area contributed by atoms with Gasteiger partial charge in [-0.25, -0.2) is 4.98 Å². The van der Waals surface area contributed by atoms with Gasteiger partial charge < -0.3 is 24.6 Å². The zero-order valence-corrected chi connectivity index (χ0v) is 30.6. The van der Waals surface area contributed by atoms with E-state index in [1.165, 1.54) is 27.2 Å². The van der Waals surface area contributed by atoms with Crippen LogP contribution in [-0.2, 0) is 20.9 Å². The van der Waals surface area contributed by atoms with Gasteiger partial charge in [0.25, 0.3) is 11.5 Å². The smallest absolute Gasteiger partial charge is 0.298 e. The highest BCUT2D eigenvalue weighted by molar-refractivity contribution is 6.41. The molecule has 1 N–H and O–H groups in total. The number of fused-ring (bicyclic) bond motifs is 1. The molecule has 0 spiro atoms. The Kier molecular flexibility index (Phi) is 12.2. The quantitative estimate of drug-likeness (QED) is 0.216. The van der Waals surface area contributed by atoms with E-state index in [1.54, 1.807) is 39.6 Å². The lowest BCUT2D eigenvalue weighted by Gasteiger charge is -2.33. The van der Waals surface area contributed by atoms with Gasteiger partial charge in [-0.15, -0.1) is 0 Å². The Morgan fingerprint density at radius 1 is 1.04 bits per heavy atom. The van der Waals surface area contributed by atoms with E-state index in [2.05, 4.69) is 33.6 Å². The maximum absolute atomic E-state index is 14.5. The summed E-state index contributed by atoms with van der Waals surface area (Å²) < 4.78 is 12.5. The van der Waals surface area contributed by atoms with Crippen LogP contribution in [0.5, 0.6) is 11.5 Å². The number of hydrogen-bond acceptors (Lipinski definition) is 10. The first-order valence-electron chi connectivity index (χ1n) is 16.6. The van der Waals surface area contributed by atoms with Crippen molar-refractivity contribution in [3.63, 3.8) is 0 Å². The van der Waals surface area contributed by atoms with Crippen LogP contribution in [0.4, 0.5) is 5.95 Å². The van der Waals surface area contributed by atoms with Crippen molar-refractivity contribution in [2.45, 2.75) is 39.3 Å². The molecule has 5 rings (SSSR count). The fraction of sp³-hybridized carbons (Fsp3) is 0.444. The van der Waals surface area contributed by atoms with Gasteiger partial charge in [0.2, 0.25) is 11.9 Å². The summed E-state index contributed by atoms with van der Waals surface area (Å²) in [5.41, 5.74) is 0.493. The maximum Gasteiger partial charge on any atom is 0.298 e. The number of ketones is 1. The van der Waals surface area contributed by atoms with Gasteiger partial charge in [-0.05, 0) is 38.0 Å². The van der Waals surface area contributed by atoms with Crippen LogP contribution in [0.15, 0.2) is 35.8 Å². The number of benzene rings is 1. The SMILES string of the molecule is C=CC(=O)CC1CN(C(C)=O)CC1Nc1ncc2cc(-c3c(Cl)c(OC)cc(OC)c3Cl)c(=O)n(CCCN3CCN(C(=O)C#CC)CC3)c2n1. The second kappa shape index (κ2) is 16.6. The maximum atomic E-state index is 14.5. The number of halogens is 2. The number of piperazine rings is 1. The van der Waals surface area contributed by atoms with Crippen LogP contribution in [0, 0.1) is 17.8 Å². The molecule has 2 unspecified atom stereocenters. The minimum atomic E-state index is -0.377. The van der Waals surface area contributed by atoms with Crippen LogP contribution in [0.25, 0.3) is 22.2 Å². The van der Waals surface area contributed by atoms with Crippen molar-refractivity contribution in [2.75, 3.05) is 65.3 Å². The normalized spacial score (nSPS) is 17.5. The number of hydrogen-bond donors (Lipinski definition) is 1. The lowest BCUT2D eigenvalue weighted by molar-refractivity contribution is -0.128. The second-order valence-corrected chi connectivity index (χ2v) is 13.2. The van der Waals surface area contributed by atoms with E-state index < -0.39 is 0 Å². The molecule has 0 aliphatic carbocycles. The largest absolute Gasteiger partial charge is 0.495 e. The summed E-state index contributed by atoms with van der Waals surface area (Å²) in [4.78, 5) is 66.2. The highest BCUT2D eigenvalue weighted by atomic mass is 35.5. The molecule has 2 aliphatic rings. The number of amides is 2. The average Bonchev–Trinajstić information content (AvgIpc) is 3.52. The first-order chi connectivity index (χ1) is 24.5. The number of nitrogens with zero attached hydrogens (tertiary/aromatic N) is 6. The van der Waals surface area contributed by atoms with Gasteiger partial charge in [0, 0.05) is 88.3 Å². The van der Waals surface area contributed by atoms with E-state index >= 15 is 0 Å². The Morgan fingerprint density at radius 3 is 2.33 bits per heavy atom. The fourth-order valence-electron chi connectivity index (χ4n) is 6.56. The van der Waals surface area contributed by atoms with Crippen molar-refractivity contribution in [2.24, 2.45) is 5.92 Å². The molecule has 4 heterocycles. The van der Waals surface area contributed by atoms with Crippen molar-refractivity contribution < 1.29 is 23.9 Å². The van der Waals surface area contributed by atoms with Gasteiger partial charge in [0.15, 0.2) is 5.78 Å². The Labute approximate surface area is 306 Å². The van der Waals surface area contributed by atoms with E-state index in [9.17, 15) is 19.2 Å². The topological polar surface area (TPSA) is 139 Å². The summed E-state index contributed by atoms with van der Waals surface area (Å²) in [6.45, 7) is 11.0. The molecule has 0 bridgehead atoms. The molecule has 0 radical (unpaired) electrons. The Hall–Kier alpha value is -4.64. The zero-order valence-electron chi connectivity index (χ0n) is 29.1. The molecule has 3 aromatic rings. The number of aryl methyl sites for hydroxylation is 1. The fourth-order valence-corrected chi connectivity index (χ4v) is 7.26. The predicted molar refractivity (Wildman–Crippen MR) is 196 cm³/mol. The van der Waals surface area contributed by atoms with E-state index in [-0.39, 0.29) is 80.2 Å². The average molecular weight is 739 g/mol. The van der Waals surface area contributed by atoms with Crippen molar-refractivity contribution in [3.8, 4) is 34.5 Å². The Bertz CT molecular complexity index is 1940. The van der Waals surface area contributed by atoms with Gasteiger partial charge in [-0.1, -0.05) is 35.7 Å². The Balaban J connectivity index is 1.50. The molecule has 2 aliphatic heterocycles. The van der Waals surface area contributed by atoms with Gasteiger partial charge in [-0.2, -0.15) is 4.98 Å². The van der Waals surface area contributed by atoms with Crippen LogP contribution in [-0.4, -0.2) is 113 Å². The van der Waals surface area contributed by atoms with Crippen LogP contribution in [0.3, 0.4) is 0 Å². The number of rotatable bonds is 12. The summed E-state index contributed by atoms with van der Waals surface area (Å²) in [5.74, 6) is 5.53. The van der Waals surface area contributed by atoms with Gasteiger partial charge in [-0.3, -0.25) is 28.6 Å². The second-order valence-electron chi connectivity index (χ2n) is 12.4. The minimum absolute atomic E-state index is 0.0923. The first-order valence-corrected chi connectivity index (χ1v) is 17.4. The molecule has 1 aromatic carbocycles. The Morgan fingerprint density at radius 2 is 1.73 bits per heavy atom. The molecule has 2 saturated heterocycles. The van der Waals surface area contributed by atoms with Gasteiger partial charge >= 0.3 is 0 Å². The monoisotopic (exact) mass is 737 g/mol. The highest BCUT2D eigenvalue weighted by Gasteiger charge is 2.35.